The van der Waals surface area contributed by atoms with Gasteiger partial charge in [0.15, 0.2) is 0 Å². The van der Waals surface area contributed by atoms with Crippen LogP contribution in [0.25, 0.3) is 0 Å². The molecule has 1 rings (SSSR count). The molecule has 0 aromatic carbocycles. The van der Waals surface area contributed by atoms with Crippen LogP contribution in [0.1, 0.15) is 13.3 Å². The summed E-state index contributed by atoms with van der Waals surface area (Å²) in [4.78, 5) is 14.6. The van der Waals surface area contributed by atoms with Gasteiger partial charge in [-0.2, -0.15) is 0 Å². The van der Waals surface area contributed by atoms with Gasteiger partial charge in [0.1, 0.15) is 6.20 Å². The molecule has 0 saturated carbocycles. The van der Waals surface area contributed by atoms with Crippen LogP contribution >= 0.6 is 0 Å². The summed E-state index contributed by atoms with van der Waals surface area (Å²) in [7, 11) is 0. The molecule has 0 unspecified atom stereocenters. The molecule has 1 heterocycles. The summed E-state index contributed by atoms with van der Waals surface area (Å²) in [6, 6.07) is 0. The molecule has 0 spiro atoms. The number of ether oxygens (including phenoxy) is 1. The number of aryl methyl sites for hydroxylation is 1. The highest BCUT2D eigenvalue weighted by atomic mass is 16.5. The van der Waals surface area contributed by atoms with Crippen LogP contribution in [0.4, 0.5) is 0 Å². The van der Waals surface area contributed by atoms with Crippen LogP contribution in [-0.4, -0.2) is 22.1 Å². The number of hydrogen-bond acceptors (Lipinski definition) is 3. The van der Waals surface area contributed by atoms with E-state index in [1.807, 2.05) is 0 Å². The van der Waals surface area contributed by atoms with Crippen LogP contribution in [-0.2, 0) is 16.1 Å². The van der Waals surface area contributed by atoms with Gasteiger partial charge in [-0.1, -0.05) is 0 Å². The van der Waals surface area contributed by atoms with Crippen molar-refractivity contribution in [2.24, 2.45) is 0 Å². The van der Waals surface area contributed by atoms with E-state index in [1.165, 1.54) is 0 Å². The summed E-state index contributed by atoms with van der Waals surface area (Å²) in [6.07, 6.45) is 6.35. The van der Waals surface area contributed by atoms with Crippen molar-refractivity contribution in [2.75, 3.05) is 6.61 Å². The molecule has 0 bridgehead atoms. The van der Waals surface area contributed by atoms with Crippen molar-refractivity contribution >= 4 is 5.97 Å². The Kier molecular flexibility index (Phi) is 3.32. The fourth-order valence-corrected chi connectivity index (χ4v) is 0.824. The summed E-state index contributed by atoms with van der Waals surface area (Å²) in [5.41, 5.74) is 0. The number of imidazole rings is 1. The number of rotatable bonds is 4. The molecule has 1 aromatic heterocycles. The Hall–Kier alpha value is -1.32. The third-order valence-electron chi connectivity index (χ3n) is 1.38. The Morgan fingerprint density at radius 1 is 1.75 bits per heavy atom. The largest absolute Gasteiger partial charge is 0.466 e. The van der Waals surface area contributed by atoms with Gasteiger partial charge in [0.2, 0.25) is 0 Å². The summed E-state index contributed by atoms with van der Waals surface area (Å²) >= 11 is 0. The first kappa shape index (κ1) is 8.77. The second-order valence-electron chi connectivity index (χ2n) is 2.30. The Balaban J connectivity index is 2.22. The third kappa shape index (κ3) is 2.74. The van der Waals surface area contributed by atoms with E-state index in [2.05, 4.69) is 11.2 Å². The van der Waals surface area contributed by atoms with Gasteiger partial charge in [0.05, 0.1) is 19.4 Å². The smallest absolute Gasteiger partial charge is 0.307 e. The van der Waals surface area contributed by atoms with E-state index >= 15 is 0 Å². The molecule has 4 nitrogen and oxygen atoms in total. The highest BCUT2D eigenvalue weighted by molar-refractivity contribution is 5.69. The topological polar surface area (TPSA) is 44.1 Å². The molecule has 65 valence electrons. The van der Waals surface area contributed by atoms with Crippen molar-refractivity contribution in [1.29, 1.82) is 0 Å². The Bertz CT molecular complexity index is 231. The van der Waals surface area contributed by atoms with E-state index in [1.54, 1.807) is 24.0 Å². The van der Waals surface area contributed by atoms with Gasteiger partial charge in [0, 0.05) is 12.7 Å². The zero-order valence-corrected chi connectivity index (χ0v) is 6.99. The Morgan fingerprint density at radius 2 is 2.58 bits per heavy atom. The minimum Gasteiger partial charge on any atom is -0.466 e. The van der Waals surface area contributed by atoms with Gasteiger partial charge in [-0.15, -0.1) is 0 Å². The lowest BCUT2D eigenvalue weighted by molar-refractivity contribution is -0.143. The van der Waals surface area contributed by atoms with E-state index in [0.717, 1.165) is 0 Å². The number of nitrogens with zero attached hydrogens (tertiary/aromatic N) is 2. The van der Waals surface area contributed by atoms with E-state index in [4.69, 9.17) is 4.74 Å². The second-order valence-corrected chi connectivity index (χ2v) is 2.30. The van der Waals surface area contributed by atoms with E-state index in [9.17, 15) is 4.79 Å². The van der Waals surface area contributed by atoms with Crippen molar-refractivity contribution in [3.8, 4) is 0 Å². The molecular formula is C8H11N2O2. The number of carbonyl (C=O) groups excluding carboxylic acids is 1. The lowest BCUT2D eigenvalue weighted by atomic mass is 10.4. The quantitative estimate of drug-likeness (QED) is 0.618. The third-order valence-corrected chi connectivity index (χ3v) is 1.38. The predicted octanol–water partition coefficient (Wildman–Crippen LogP) is 0.636. The average molecular weight is 167 g/mol. The molecule has 4 heteroatoms. The van der Waals surface area contributed by atoms with Crippen LogP contribution in [0.5, 0.6) is 0 Å². The lowest BCUT2D eigenvalue weighted by Gasteiger charge is -2.01. The van der Waals surface area contributed by atoms with Crippen molar-refractivity contribution in [2.45, 2.75) is 19.9 Å². The van der Waals surface area contributed by atoms with Crippen LogP contribution in [0.2, 0.25) is 0 Å². The summed E-state index contributed by atoms with van der Waals surface area (Å²) in [5.74, 6) is -0.175. The Labute approximate surface area is 71.2 Å². The standard InChI is InChI=1S/C8H11N2O2/c1-2-12-8(11)3-5-10-6-4-9-7-10/h6-7H,2-3,5H2,1H3. The maximum absolute atomic E-state index is 10.9. The van der Waals surface area contributed by atoms with Crippen LogP contribution in [0, 0.1) is 6.20 Å². The number of carbonyl (C=O) groups is 1. The number of hydrogen-bond donors (Lipinski definition) is 0. The Morgan fingerprint density at radius 3 is 3.17 bits per heavy atom. The second kappa shape index (κ2) is 4.54. The van der Waals surface area contributed by atoms with Crippen molar-refractivity contribution in [3.63, 3.8) is 0 Å². The molecule has 0 aliphatic rings. The molecular weight excluding hydrogens is 156 g/mol. The zero-order chi connectivity index (χ0) is 8.81. The lowest BCUT2D eigenvalue weighted by Crippen LogP contribution is -2.07. The first-order valence-corrected chi connectivity index (χ1v) is 3.86. The van der Waals surface area contributed by atoms with Gasteiger partial charge < -0.3 is 9.30 Å². The average Bonchev–Trinajstić information content (AvgIpc) is 2.53. The molecule has 12 heavy (non-hydrogen) atoms. The minimum absolute atomic E-state index is 0.175. The normalized spacial score (nSPS) is 9.75. The van der Waals surface area contributed by atoms with Crippen LogP contribution in [0.3, 0.4) is 0 Å². The van der Waals surface area contributed by atoms with E-state index in [-0.39, 0.29) is 5.97 Å². The van der Waals surface area contributed by atoms with Crippen molar-refractivity contribution < 1.29 is 9.53 Å². The van der Waals surface area contributed by atoms with Gasteiger partial charge in [0.25, 0.3) is 0 Å². The molecule has 1 aromatic rings. The monoisotopic (exact) mass is 167 g/mol. The maximum atomic E-state index is 10.9. The molecule has 0 atom stereocenters. The summed E-state index contributed by atoms with van der Waals surface area (Å²) < 4.78 is 6.55. The fraction of sp³-hybridized carbons (Fsp3) is 0.500. The zero-order valence-electron chi connectivity index (χ0n) is 6.99. The molecule has 0 saturated heterocycles. The number of esters is 1. The molecule has 1 radical (unpaired) electrons. The molecule has 0 aliphatic carbocycles. The van der Waals surface area contributed by atoms with Crippen LogP contribution in [0.15, 0.2) is 12.5 Å². The van der Waals surface area contributed by atoms with Crippen molar-refractivity contribution in [1.82, 2.24) is 9.55 Å². The molecule has 0 N–H and O–H groups in total. The first-order chi connectivity index (χ1) is 5.83. The van der Waals surface area contributed by atoms with E-state index < -0.39 is 0 Å². The van der Waals surface area contributed by atoms with Gasteiger partial charge in [-0.3, -0.25) is 4.79 Å². The predicted molar refractivity (Wildman–Crippen MR) is 42.3 cm³/mol. The van der Waals surface area contributed by atoms with Gasteiger partial charge in [-0.25, -0.2) is 4.98 Å². The molecule has 0 fully saturated rings. The number of aromatic nitrogens is 2. The minimum atomic E-state index is -0.175. The summed E-state index contributed by atoms with van der Waals surface area (Å²) in [6.45, 7) is 2.84. The molecule has 0 amide bonds. The highest BCUT2D eigenvalue weighted by Gasteiger charge is 2.00. The summed E-state index contributed by atoms with van der Waals surface area (Å²) in [5, 5.41) is 0. The first-order valence-electron chi connectivity index (χ1n) is 3.86. The SMILES string of the molecule is CCOC(=O)CCn1c[c]nc1. The van der Waals surface area contributed by atoms with E-state index in [0.29, 0.717) is 19.6 Å². The van der Waals surface area contributed by atoms with Crippen LogP contribution < -0.4 is 0 Å². The van der Waals surface area contributed by atoms with Gasteiger partial charge >= 0.3 is 5.97 Å². The van der Waals surface area contributed by atoms with Gasteiger partial charge in [-0.05, 0) is 6.92 Å². The fourth-order valence-electron chi connectivity index (χ4n) is 0.824. The molecule has 0 aliphatic heterocycles. The van der Waals surface area contributed by atoms with Crippen molar-refractivity contribution in [3.05, 3.63) is 18.7 Å². The highest BCUT2D eigenvalue weighted by Crippen LogP contribution is 1.92. The maximum Gasteiger partial charge on any atom is 0.307 e.